The van der Waals surface area contributed by atoms with Crippen LogP contribution in [0.4, 0.5) is 0 Å². The number of unbranched alkanes of at least 4 members (excludes halogenated alkanes) is 1. The molecule has 0 aliphatic carbocycles. The zero-order chi connectivity index (χ0) is 13.8. The second-order valence-corrected chi connectivity index (χ2v) is 4.80. The fraction of sp³-hybridized carbons (Fsp3) is 0.235. The van der Waals surface area contributed by atoms with Gasteiger partial charge in [-0.25, -0.2) is 4.98 Å². The molecule has 1 heterocycles. The van der Waals surface area contributed by atoms with Gasteiger partial charge in [0.05, 0.1) is 17.6 Å². The molecule has 0 aliphatic rings. The number of fused-ring (bicyclic) bond motifs is 1. The van der Waals surface area contributed by atoms with Crippen molar-refractivity contribution in [3.8, 4) is 11.4 Å². The van der Waals surface area contributed by atoms with Gasteiger partial charge in [0.25, 0.3) is 0 Å². The molecule has 3 rings (SSSR count). The molecule has 0 spiro atoms. The minimum absolute atomic E-state index is 0. The molecule has 1 aromatic heterocycles. The Bertz CT molecular complexity index is 694. The van der Waals surface area contributed by atoms with Gasteiger partial charge >= 0.3 is 0 Å². The van der Waals surface area contributed by atoms with Crippen molar-refractivity contribution in [3.05, 3.63) is 54.9 Å². The first-order valence-corrected chi connectivity index (χ1v) is 7.04. The van der Waals surface area contributed by atoms with E-state index in [-0.39, 0.29) is 12.4 Å². The van der Waals surface area contributed by atoms with Gasteiger partial charge in [-0.05, 0) is 30.7 Å². The summed E-state index contributed by atoms with van der Waals surface area (Å²) in [6, 6.07) is 16.3. The first kappa shape index (κ1) is 15.4. The molecule has 0 bridgehead atoms. The number of rotatable bonds is 5. The lowest BCUT2D eigenvalue weighted by molar-refractivity contribution is 0.310. The topological polar surface area (TPSA) is 27.1 Å². The van der Waals surface area contributed by atoms with Gasteiger partial charge in [-0.1, -0.05) is 31.5 Å². The zero-order valence-electron chi connectivity index (χ0n) is 12.0. The van der Waals surface area contributed by atoms with Crippen LogP contribution in [-0.4, -0.2) is 16.2 Å². The second kappa shape index (κ2) is 7.14. The molecule has 0 aliphatic heterocycles. The Morgan fingerprint density at radius 1 is 1.10 bits per heavy atom. The fourth-order valence-corrected chi connectivity index (χ4v) is 2.21. The van der Waals surface area contributed by atoms with Crippen molar-refractivity contribution < 1.29 is 4.74 Å². The average molecular weight is 303 g/mol. The fourth-order valence-electron chi connectivity index (χ4n) is 2.21. The largest absolute Gasteiger partial charge is 0.494 e. The molecule has 0 fully saturated rings. The summed E-state index contributed by atoms with van der Waals surface area (Å²) in [4.78, 5) is 4.47. The lowest BCUT2D eigenvalue weighted by atomic mass is 10.2. The standard InChI is InChI=1S/C17H18N2O.ClH/c1-2-3-11-20-15-9-10-17-16(12-15)18-13-19(17)14-7-5-4-6-8-14;/h4-10,12-13H,2-3,11H2,1H3;1H. The van der Waals surface area contributed by atoms with Gasteiger partial charge in [0.1, 0.15) is 12.1 Å². The lowest BCUT2D eigenvalue weighted by Crippen LogP contribution is -1.96. The number of hydrogen-bond donors (Lipinski definition) is 0. The van der Waals surface area contributed by atoms with E-state index < -0.39 is 0 Å². The number of para-hydroxylation sites is 1. The zero-order valence-corrected chi connectivity index (χ0v) is 12.8. The molecule has 21 heavy (non-hydrogen) atoms. The van der Waals surface area contributed by atoms with Gasteiger partial charge in [-0.15, -0.1) is 12.4 Å². The molecule has 0 saturated carbocycles. The van der Waals surface area contributed by atoms with E-state index in [2.05, 4.69) is 34.7 Å². The van der Waals surface area contributed by atoms with Gasteiger partial charge < -0.3 is 4.74 Å². The van der Waals surface area contributed by atoms with Crippen LogP contribution in [0.15, 0.2) is 54.9 Å². The Morgan fingerprint density at radius 2 is 1.90 bits per heavy atom. The molecule has 0 saturated heterocycles. The summed E-state index contributed by atoms with van der Waals surface area (Å²) in [5.41, 5.74) is 3.18. The lowest BCUT2D eigenvalue weighted by Gasteiger charge is -2.06. The van der Waals surface area contributed by atoms with E-state index in [1.807, 2.05) is 36.7 Å². The number of ether oxygens (including phenoxy) is 1. The van der Waals surface area contributed by atoms with Crippen molar-refractivity contribution in [1.29, 1.82) is 0 Å². The monoisotopic (exact) mass is 302 g/mol. The normalized spacial score (nSPS) is 10.3. The third-order valence-electron chi connectivity index (χ3n) is 3.32. The Balaban J connectivity index is 0.00000161. The van der Waals surface area contributed by atoms with E-state index in [0.29, 0.717) is 0 Å². The summed E-state index contributed by atoms with van der Waals surface area (Å²) in [7, 11) is 0. The number of nitrogens with zero attached hydrogens (tertiary/aromatic N) is 2. The van der Waals surface area contributed by atoms with E-state index >= 15 is 0 Å². The van der Waals surface area contributed by atoms with Crippen molar-refractivity contribution in [2.75, 3.05) is 6.61 Å². The van der Waals surface area contributed by atoms with Gasteiger partial charge in [-0.3, -0.25) is 4.57 Å². The maximum Gasteiger partial charge on any atom is 0.121 e. The molecule has 0 atom stereocenters. The Labute approximate surface area is 131 Å². The first-order valence-electron chi connectivity index (χ1n) is 7.04. The summed E-state index contributed by atoms with van der Waals surface area (Å²) in [6.45, 7) is 2.93. The van der Waals surface area contributed by atoms with E-state index in [9.17, 15) is 0 Å². The third-order valence-corrected chi connectivity index (χ3v) is 3.32. The Kier molecular flexibility index (Phi) is 5.23. The maximum absolute atomic E-state index is 5.72. The minimum atomic E-state index is 0. The smallest absolute Gasteiger partial charge is 0.121 e. The molecule has 4 heteroatoms. The highest BCUT2D eigenvalue weighted by atomic mass is 35.5. The van der Waals surface area contributed by atoms with Crippen LogP contribution in [-0.2, 0) is 0 Å². The highest BCUT2D eigenvalue weighted by Gasteiger charge is 2.05. The SMILES string of the molecule is CCCCOc1ccc2c(c1)ncn2-c1ccccc1.Cl. The molecule has 2 aromatic carbocycles. The summed E-state index contributed by atoms with van der Waals surface area (Å²) < 4.78 is 7.81. The number of halogens is 1. The van der Waals surface area contributed by atoms with Crippen LogP contribution < -0.4 is 4.74 Å². The molecular weight excluding hydrogens is 284 g/mol. The van der Waals surface area contributed by atoms with Crippen molar-refractivity contribution in [3.63, 3.8) is 0 Å². The summed E-state index contributed by atoms with van der Waals surface area (Å²) in [5.74, 6) is 0.893. The first-order chi connectivity index (χ1) is 9.88. The molecule has 0 amide bonds. The van der Waals surface area contributed by atoms with Gasteiger partial charge in [-0.2, -0.15) is 0 Å². The molecule has 3 aromatic rings. The maximum atomic E-state index is 5.72. The number of aromatic nitrogens is 2. The van der Waals surface area contributed by atoms with E-state index in [4.69, 9.17) is 4.74 Å². The van der Waals surface area contributed by atoms with Crippen molar-refractivity contribution in [1.82, 2.24) is 9.55 Å². The van der Waals surface area contributed by atoms with E-state index in [1.54, 1.807) is 0 Å². The van der Waals surface area contributed by atoms with Gasteiger partial charge in [0.15, 0.2) is 0 Å². The summed E-state index contributed by atoms with van der Waals surface area (Å²) in [6.07, 6.45) is 4.08. The highest BCUT2D eigenvalue weighted by molar-refractivity contribution is 5.85. The predicted octanol–water partition coefficient (Wildman–Crippen LogP) is 4.63. The van der Waals surface area contributed by atoms with Gasteiger partial charge in [0.2, 0.25) is 0 Å². The van der Waals surface area contributed by atoms with Crippen molar-refractivity contribution in [2.45, 2.75) is 19.8 Å². The van der Waals surface area contributed by atoms with Crippen molar-refractivity contribution >= 4 is 23.4 Å². The van der Waals surface area contributed by atoms with E-state index in [1.165, 1.54) is 0 Å². The molecule has 3 nitrogen and oxygen atoms in total. The van der Waals surface area contributed by atoms with Crippen LogP contribution in [0, 0.1) is 0 Å². The quantitative estimate of drug-likeness (QED) is 0.643. The van der Waals surface area contributed by atoms with Crippen LogP contribution >= 0.6 is 12.4 Å². The Morgan fingerprint density at radius 3 is 2.67 bits per heavy atom. The number of hydrogen-bond acceptors (Lipinski definition) is 2. The van der Waals surface area contributed by atoms with E-state index in [0.717, 1.165) is 41.9 Å². The minimum Gasteiger partial charge on any atom is -0.494 e. The molecule has 110 valence electrons. The molecule has 0 N–H and O–H groups in total. The van der Waals surface area contributed by atoms with Crippen LogP contribution in [0.2, 0.25) is 0 Å². The van der Waals surface area contributed by atoms with Crippen LogP contribution in [0.5, 0.6) is 5.75 Å². The second-order valence-electron chi connectivity index (χ2n) is 4.80. The molecule has 0 radical (unpaired) electrons. The highest BCUT2D eigenvalue weighted by Crippen LogP contribution is 2.22. The summed E-state index contributed by atoms with van der Waals surface area (Å²) >= 11 is 0. The van der Waals surface area contributed by atoms with Crippen LogP contribution in [0.1, 0.15) is 19.8 Å². The van der Waals surface area contributed by atoms with Crippen molar-refractivity contribution in [2.24, 2.45) is 0 Å². The average Bonchev–Trinajstić information content (AvgIpc) is 2.91. The number of benzene rings is 2. The predicted molar refractivity (Wildman–Crippen MR) is 88.7 cm³/mol. The summed E-state index contributed by atoms with van der Waals surface area (Å²) in [5, 5.41) is 0. The third kappa shape index (κ3) is 3.37. The van der Waals surface area contributed by atoms with Crippen LogP contribution in [0.25, 0.3) is 16.7 Å². The molecule has 0 unspecified atom stereocenters. The van der Waals surface area contributed by atoms with Gasteiger partial charge in [0, 0.05) is 11.8 Å². The Hall–Kier alpha value is -2.00. The number of imidazole rings is 1. The molecular formula is C17H19ClN2O. The van der Waals surface area contributed by atoms with Crippen LogP contribution in [0.3, 0.4) is 0 Å².